The predicted octanol–water partition coefficient (Wildman–Crippen LogP) is 0.694. The molecule has 0 radical (unpaired) electrons. The van der Waals surface area contributed by atoms with Gasteiger partial charge in [0.2, 0.25) is 0 Å². The molecule has 0 aliphatic heterocycles. The fourth-order valence-electron chi connectivity index (χ4n) is 1.30. The topological polar surface area (TPSA) is 86.8 Å². The van der Waals surface area contributed by atoms with Crippen LogP contribution < -0.4 is 21.9 Å². The molecule has 8 heteroatoms. The van der Waals surface area contributed by atoms with E-state index in [1.54, 1.807) is 14.0 Å². The maximum absolute atomic E-state index is 5.35. The van der Waals surface area contributed by atoms with Crippen molar-refractivity contribution >= 4 is 46.1 Å². The van der Waals surface area contributed by atoms with Crippen molar-refractivity contribution in [3.05, 3.63) is 35.9 Å². The van der Waals surface area contributed by atoms with Gasteiger partial charge in [0.15, 0.2) is 10.2 Å². The summed E-state index contributed by atoms with van der Waals surface area (Å²) in [5, 5.41) is 11.6. The third-order valence-electron chi connectivity index (χ3n) is 2.22. The van der Waals surface area contributed by atoms with E-state index in [1.165, 1.54) is 0 Å². The molecule has 0 atom stereocenters. The van der Waals surface area contributed by atoms with Crippen molar-refractivity contribution in [2.45, 2.75) is 6.92 Å². The number of hydrazone groups is 2. The zero-order valence-electron chi connectivity index (χ0n) is 11.2. The number of nitrogens with two attached hydrogens (primary N) is 1. The molecule has 0 aromatic heterocycles. The Bertz CT molecular complexity index is 538. The van der Waals surface area contributed by atoms with Gasteiger partial charge in [-0.2, -0.15) is 10.2 Å². The third-order valence-corrected chi connectivity index (χ3v) is 2.61. The predicted molar refractivity (Wildman–Crippen MR) is 90.8 cm³/mol. The van der Waals surface area contributed by atoms with E-state index >= 15 is 0 Å². The van der Waals surface area contributed by atoms with E-state index in [0.29, 0.717) is 16.5 Å². The Labute approximate surface area is 128 Å². The zero-order chi connectivity index (χ0) is 15.0. The Kier molecular flexibility index (Phi) is 6.54. The summed E-state index contributed by atoms with van der Waals surface area (Å²) in [4.78, 5) is 0. The minimum absolute atomic E-state index is 0.0930. The van der Waals surface area contributed by atoms with E-state index in [0.717, 1.165) is 5.56 Å². The maximum Gasteiger partial charge on any atom is 0.186 e. The zero-order valence-corrected chi connectivity index (χ0v) is 12.8. The molecule has 106 valence electrons. The minimum atomic E-state index is 0.0930. The number of hydrogen-bond acceptors (Lipinski definition) is 4. The van der Waals surface area contributed by atoms with Gasteiger partial charge in [-0.15, -0.1) is 0 Å². The highest BCUT2D eigenvalue weighted by Gasteiger charge is 2.08. The Morgan fingerprint density at radius 3 is 2.30 bits per heavy atom. The summed E-state index contributed by atoms with van der Waals surface area (Å²) in [5.74, 6) is 0. The van der Waals surface area contributed by atoms with E-state index < -0.39 is 0 Å². The fraction of sp³-hybridized carbons (Fsp3) is 0.167. The molecule has 0 bridgehead atoms. The first-order valence-corrected chi connectivity index (χ1v) is 6.57. The average Bonchev–Trinajstić information content (AvgIpc) is 2.46. The quantitative estimate of drug-likeness (QED) is 0.372. The van der Waals surface area contributed by atoms with E-state index in [-0.39, 0.29) is 5.11 Å². The number of thiocarbonyl (C=S) groups is 2. The minimum Gasteiger partial charge on any atom is -0.375 e. The summed E-state index contributed by atoms with van der Waals surface area (Å²) >= 11 is 9.71. The summed E-state index contributed by atoms with van der Waals surface area (Å²) in [6.07, 6.45) is 0. The molecule has 0 unspecified atom stereocenters. The molecule has 0 spiro atoms. The lowest BCUT2D eigenvalue weighted by Gasteiger charge is -2.08. The molecule has 0 heterocycles. The van der Waals surface area contributed by atoms with Gasteiger partial charge in [-0.1, -0.05) is 30.3 Å². The van der Waals surface area contributed by atoms with Crippen LogP contribution in [0.15, 0.2) is 40.5 Å². The molecule has 0 amide bonds. The van der Waals surface area contributed by atoms with Crippen LogP contribution in [0.5, 0.6) is 0 Å². The van der Waals surface area contributed by atoms with Gasteiger partial charge in [0.05, 0.1) is 5.71 Å². The highest BCUT2D eigenvalue weighted by atomic mass is 32.1. The summed E-state index contributed by atoms with van der Waals surface area (Å²) < 4.78 is 0. The van der Waals surface area contributed by atoms with Gasteiger partial charge >= 0.3 is 0 Å². The lowest BCUT2D eigenvalue weighted by atomic mass is 10.1. The van der Waals surface area contributed by atoms with Gasteiger partial charge in [0.1, 0.15) is 5.71 Å². The molecule has 0 aliphatic carbocycles. The fourth-order valence-corrected chi connectivity index (χ4v) is 1.40. The molecule has 0 fully saturated rings. The molecule has 6 nitrogen and oxygen atoms in total. The van der Waals surface area contributed by atoms with E-state index in [4.69, 9.17) is 30.2 Å². The molecular weight excluding hydrogens is 292 g/mol. The molecule has 0 saturated carbocycles. The van der Waals surface area contributed by atoms with E-state index in [9.17, 15) is 0 Å². The Hall–Kier alpha value is -2.06. The third kappa shape index (κ3) is 5.29. The first-order valence-electron chi connectivity index (χ1n) is 5.75. The Morgan fingerprint density at radius 1 is 1.10 bits per heavy atom. The number of rotatable bonds is 4. The van der Waals surface area contributed by atoms with Gasteiger partial charge in [0, 0.05) is 12.6 Å². The molecule has 1 aromatic rings. The molecule has 0 aliphatic rings. The van der Waals surface area contributed by atoms with Crippen LogP contribution in [-0.2, 0) is 0 Å². The van der Waals surface area contributed by atoms with Crippen LogP contribution in [0.25, 0.3) is 0 Å². The molecule has 20 heavy (non-hydrogen) atoms. The van der Waals surface area contributed by atoms with E-state index in [1.807, 2.05) is 30.3 Å². The van der Waals surface area contributed by atoms with Gasteiger partial charge in [0.25, 0.3) is 0 Å². The molecule has 5 N–H and O–H groups in total. The lowest BCUT2D eigenvalue weighted by Crippen LogP contribution is -2.31. The summed E-state index contributed by atoms with van der Waals surface area (Å²) in [5.41, 5.74) is 12.8. The highest BCUT2D eigenvalue weighted by molar-refractivity contribution is 7.80. The lowest BCUT2D eigenvalue weighted by molar-refractivity contribution is 0.975. The van der Waals surface area contributed by atoms with Crippen molar-refractivity contribution < 1.29 is 0 Å². The second kappa shape index (κ2) is 8.18. The second-order valence-corrected chi connectivity index (χ2v) is 4.54. The van der Waals surface area contributed by atoms with Crippen LogP contribution in [-0.4, -0.2) is 28.7 Å². The van der Waals surface area contributed by atoms with Crippen molar-refractivity contribution in [3.63, 3.8) is 0 Å². The number of hydrogen-bond donors (Lipinski definition) is 4. The monoisotopic (exact) mass is 308 g/mol. The number of benzene rings is 1. The normalized spacial score (nSPS) is 11.7. The number of nitrogens with one attached hydrogen (secondary N) is 3. The summed E-state index contributed by atoms with van der Waals surface area (Å²) in [6.45, 7) is 1.79. The average molecular weight is 308 g/mol. The SMILES string of the molecule is CNC(=S)N/N=C(/C(C)=N/NC(N)=S)c1ccccc1. The molecular formula is C12H16N6S2. The van der Waals surface area contributed by atoms with Gasteiger partial charge < -0.3 is 11.1 Å². The van der Waals surface area contributed by atoms with Crippen LogP contribution in [0.4, 0.5) is 0 Å². The summed E-state index contributed by atoms with van der Waals surface area (Å²) in [6, 6.07) is 9.59. The van der Waals surface area contributed by atoms with Gasteiger partial charge in [-0.25, -0.2) is 0 Å². The van der Waals surface area contributed by atoms with Crippen LogP contribution in [0, 0.1) is 0 Å². The first-order chi connectivity index (χ1) is 9.54. The molecule has 1 rings (SSSR count). The second-order valence-electron chi connectivity index (χ2n) is 3.69. The standard InChI is InChI=1S/C12H16N6S2/c1-8(15-17-11(13)19)10(16-18-12(20)14-2)9-6-4-3-5-7-9/h3-7H,1-2H3,(H3,13,17,19)(H2,14,18,20)/b15-8+,16-10-. The van der Waals surface area contributed by atoms with Crippen molar-refractivity contribution in [2.75, 3.05) is 7.05 Å². The van der Waals surface area contributed by atoms with E-state index in [2.05, 4.69) is 26.4 Å². The molecule has 1 aromatic carbocycles. The van der Waals surface area contributed by atoms with Crippen molar-refractivity contribution in [3.8, 4) is 0 Å². The first kappa shape index (κ1) is 16.0. The Balaban J connectivity index is 3.04. The Morgan fingerprint density at radius 2 is 1.75 bits per heavy atom. The van der Waals surface area contributed by atoms with Crippen LogP contribution in [0.3, 0.4) is 0 Å². The van der Waals surface area contributed by atoms with Crippen LogP contribution in [0.1, 0.15) is 12.5 Å². The summed E-state index contributed by atoms with van der Waals surface area (Å²) in [7, 11) is 1.71. The smallest absolute Gasteiger partial charge is 0.186 e. The number of nitrogens with zero attached hydrogens (tertiary/aromatic N) is 2. The van der Waals surface area contributed by atoms with Gasteiger partial charge in [-0.05, 0) is 31.4 Å². The van der Waals surface area contributed by atoms with Crippen molar-refractivity contribution in [1.82, 2.24) is 16.2 Å². The van der Waals surface area contributed by atoms with Crippen LogP contribution in [0.2, 0.25) is 0 Å². The highest BCUT2D eigenvalue weighted by Crippen LogP contribution is 2.02. The molecule has 0 saturated heterocycles. The van der Waals surface area contributed by atoms with Crippen molar-refractivity contribution in [1.29, 1.82) is 0 Å². The van der Waals surface area contributed by atoms with Gasteiger partial charge in [-0.3, -0.25) is 10.9 Å². The van der Waals surface area contributed by atoms with Crippen molar-refractivity contribution in [2.24, 2.45) is 15.9 Å². The largest absolute Gasteiger partial charge is 0.375 e. The maximum atomic E-state index is 5.35. The van der Waals surface area contributed by atoms with Crippen LogP contribution >= 0.6 is 24.4 Å².